The van der Waals surface area contributed by atoms with Gasteiger partial charge in [-0.05, 0) is 5.56 Å². The third-order valence-corrected chi connectivity index (χ3v) is 3.57. The van der Waals surface area contributed by atoms with Crippen LogP contribution in [0.3, 0.4) is 0 Å². The summed E-state index contributed by atoms with van der Waals surface area (Å²) < 4.78 is 0. The van der Waals surface area contributed by atoms with Gasteiger partial charge in [-0.15, -0.1) is 0 Å². The summed E-state index contributed by atoms with van der Waals surface area (Å²) in [6.45, 7) is -1.04. The molecule has 0 saturated carbocycles. The topological polar surface area (TPSA) is 194 Å². The van der Waals surface area contributed by atoms with Crippen LogP contribution in [0.2, 0.25) is 0 Å². The summed E-state index contributed by atoms with van der Waals surface area (Å²) in [5.41, 5.74) is 11.0. The number of rotatable bonds is 11. The van der Waals surface area contributed by atoms with Crippen molar-refractivity contribution in [3.05, 3.63) is 35.9 Å². The zero-order chi connectivity index (χ0) is 21.1. The van der Waals surface area contributed by atoms with E-state index < -0.39 is 61.2 Å². The predicted molar refractivity (Wildman–Crippen MR) is 97.5 cm³/mol. The van der Waals surface area contributed by atoms with Crippen molar-refractivity contribution in [2.24, 2.45) is 11.5 Å². The van der Waals surface area contributed by atoms with Crippen molar-refractivity contribution in [2.45, 2.75) is 24.9 Å². The summed E-state index contributed by atoms with van der Waals surface area (Å²) in [5, 5.41) is 15.6. The maximum absolute atomic E-state index is 12.5. The van der Waals surface area contributed by atoms with Crippen molar-refractivity contribution in [2.75, 3.05) is 13.1 Å². The number of nitrogens with one attached hydrogen (secondary N) is 3. The largest absolute Gasteiger partial charge is 0.480 e. The van der Waals surface area contributed by atoms with Crippen LogP contribution in [0.15, 0.2) is 30.3 Å². The van der Waals surface area contributed by atoms with Gasteiger partial charge in [0.1, 0.15) is 18.6 Å². The molecular formula is C17H23N5O6. The van der Waals surface area contributed by atoms with Gasteiger partial charge in [-0.1, -0.05) is 30.3 Å². The number of nitrogens with two attached hydrogens (primary N) is 2. The molecule has 0 aliphatic rings. The maximum atomic E-state index is 12.5. The molecule has 0 aliphatic carbocycles. The molecule has 152 valence electrons. The summed E-state index contributed by atoms with van der Waals surface area (Å²) >= 11 is 0. The van der Waals surface area contributed by atoms with E-state index >= 15 is 0 Å². The minimum Gasteiger partial charge on any atom is -0.480 e. The van der Waals surface area contributed by atoms with Crippen LogP contribution in [-0.2, 0) is 30.4 Å². The highest BCUT2D eigenvalue weighted by molar-refractivity contribution is 5.95. The van der Waals surface area contributed by atoms with E-state index in [9.17, 15) is 24.0 Å². The normalized spacial score (nSPS) is 12.3. The van der Waals surface area contributed by atoms with Crippen LogP contribution in [-0.4, -0.2) is 59.9 Å². The van der Waals surface area contributed by atoms with Gasteiger partial charge in [0.2, 0.25) is 23.6 Å². The number of carbonyl (C=O) groups is 5. The van der Waals surface area contributed by atoms with Crippen molar-refractivity contribution in [3.8, 4) is 0 Å². The number of benzene rings is 1. The van der Waals surface area contributed by atoms with Crippen molar-refractivity contribution in [1.82, 2.24) is 16.0 Å². The van der Waals surface area contributed by atoms with Gasteiger partial charge in [-0.2, -0.15) is 0 Å². The standard InChI is InChI=1S/C17H23N5O6/c18-8-14(24)21-12(7-13(19)23)17(28)22-11(16(27)20-9-15(25)26)6-10-4-2-1-3-5-10/h1-5,11-12H,6-9,18H2,(H2,19,23)(H,20,27)(H,21,24)(H,22,28)(H,25,26)/t11-,12-/m0/s1. The second-order valence-electron chi connectivity index (χ2n) is 5.86. The highest BCUT2D eigenvalue weighted by atomic mass is 16.4. The van der Waals surface area contributed by atoms with Gasteiger partial charge in [0, 0.05) is 6.42 Å². The van der Waals surface area contributed by atoms with Gasteiger partial charge < -0.3 is 32.5 Å². The lowest BCUT2D eigenvalue weighted by Gasteiger charge is -2.22. The minimum absolute atomic E-state index is 0.0617. The number of aliphatic carboxylic acids is 1. The van der Waals surface area contributed by atoms with Crippen LogP contribution < -0.4 is 27.4 Å². The van der Waals surface area contributed by atoms with Crippen LogP contribution in [0.25, 0.3) is 0 Å². The van der Waals surface area contributed by atoms with E-state index in [-0.39, 0.29) is 6.42 Å². The van der Waals surface area contributed by atoms with E-state index in [0.717, 1.165) is 0 Å². The molecule has 11 nitrogen and oxygen atoms in total. The first-order valence-electron chi connectivity index (χ1n) is 8.34. The lowest BCUT2D eigenvalue weighted by Crippen LogP contribution is -2.56. The summed E-state index contributed by atoms with van der Waals surface area (Å²) in [6.07, 6.45) is -0.432. The Bertz CT molecular complexity index is 724. The Hall–Kier alpha value is -3.47. The molecule has 8 N–H and O–H groups in total. The maximum Gasteiger partial charge on any atom is 0.322 e. The number of hydrogen-bond donors (Lipinski definition) is 6. The molecule has 11 heteroatoms. The SMILES string of the molecule is NCC(=O)N[C@@H](CC(N)=O)C(=O)N[C@@H](Cc1ccccc1)C(=O)NCC(=O)O. The molecule has 0 aromatic heterocycles. The van der Waals surface area contributed by atoms with Crippen LogP contribution in [0.5, 0.6) is 0 Å². The van der Waals surface area contributed by atoms with Crippen LogP contribution >= 0.6 is 0 Å². The Morgan fingerprint density at radius 3 is 2.14 bits per heavy atom. The minimum atomic E-state index is -1.32. The lowest BCUT2D eigenvalue weighted by atomic mass is 10.0. The molecule has 2 atom stereocenters. The summed E-state index contributed by atoms with van der Waals surface area (Å²) in [4.78, 5) is 58.2. The fourth-order valence-corrected chi connectivity index (χ4v) is 2.28. The molecule has 4 amide bonds. The van der Waals surface area contributed by atoms with Crippen LogP contribution in [0.4, 0.5) is 0 Å². The zero-order valence-electron chi connectivity index (χ0n) is 15.0. The van der Waals surface area contributed by atoms with Gasteiger partial charge >= 0.3 is 5.97 Å². The third kappa shape index (κ3) is 8.27. The Morgan fingerprint density at radius 1 is 0.964 bits per heavy atom. The summed E-state index contributed by atoms with van der Waals surface area (Å²) in [5.74, 6) is -4.33. The Morgan fingerprint density at radius 2 is 1.61 bits per heavy atom. The Kier molecular flexibility index (Phi) is 9.10. The second-order valence-corrected chi connectivity index (χ2v) is 5.86. The first-order chi connectivity index (χ1) is 13.2. The summed E-state index contributed by atoms with van der Waals surface area (Å²) in [7, 11) is 0. The van der Waals surface area contributed by atoms with E-state index in [1.807, 2.05) is 0 Å². The van der Waals surface area contributed by atoms with E-state index in [1.54, 1.807) is 30.3 Å². The average molecular weight is 393 g/mol. The van der Waals surface area contributed by atoms with Crippen molar-refractivity contribution in [3.63, 3.8) is 0 Å². The van der Waals surface area contributed by atoms with E-state index in [1.165, 1.54) is 0 Å². The molecule has 1 rings (SSSR count). The molecule has 1 aromatic carbocycles. The molecular weight excluding hydrogens is 370 g/mol. The molecule has 28 heavy (non-hydrogen) atoms. The third-order valence-electron chi connectivity index (χ3n) is 3.57. The fraction of sp³-hybridized carbons (Fsp3) is 0.353. The Labute approximate surface area is 160 Å². The lowest BCUT2D eigenvalue weighted by molar-refractivity contribution is -0.138. The fourth-order valence-electron chi connectivity index (χ4n) is 2.28. The molecule has 1 aromatic rings. The molecule has 0 saturated heterocycles. The first-order valence-corrected chi connectivity index (χ1v) is 8.34. The van der Waals surface area contributed by atoms with Gasteiger partial charge in [0.05, 0.1) is 13.0 Å². The molecule has 0 fully saturated rings. The quantitative estimate of drug-likeness (QED) is 0.234. The number of amides is 4. The first kappa shape index (κ1) is 22.6. The van der Waals surface area contributed by atoms with Gasteiger partial charge in [-0.3, -0.25) is 24.0 Å². The van der Waals surface area contributed by atoms with Crippen molar-refractivity contribution in [1.29, 1.82) is 0 Å². The van der Waals surface area contributed by atoms with Crippen molar-refractivity contribution < 1.29 is 29.1 Å². The second kappa shape index (κ2) is 11.3. The average Bonchev–Trinajstić information content (AvgIpc) is 2.65. The van der Waals surface area contributed by atoms with Crippen LogP contribution in [0, 0.1) is 0 Å². The number of carboxylic acid groups (broad SMARTS) is 1. The molecule has 0 spiro atoms. The molecule has 0 unspecified atom stereocenters. The van der Waals surface area contributed by atoms with Gasteiger partial charge in [0.25, 0.3) is 0 Å². The monoisotopic (exact) mass is 393 g/mol. The van der Waals surface area contributed by atoms with Crippen molar-refractivity contribution >= 4 is 29.6 Å². The molecule has 0 bridgehead atoms. The van der Waals surface area contributed by atoms with E-state index in [4.69, 9.17) is 16.6 Å². The van der Waals surface area contributed by atoms with E-state index in [0.29, 0.717) is 5.56 Å². The Balaban J connectivity index is 2.95. The van der Waals surface area contributed by atoms with Crippen LogP contribution in [0.1, 0.15) is 12.0 Å². The number of carboxylic acids is 1. The molecule has 0 heterocycles. The predicted octanol–water partition coefficient (Wildman–Crippen LogP) is -2.77. The molecule has 0 aliphatic heterocycles. The number of carbonyl (C=O) groups excluding carboxylic acids is 4. The highest BCUT2D eigenvalue weighted by Gasteiger charge is 2.28. The summed E-state index contributed by atoms with van der Waals surface area (Å²) in [6, 6.07) is 6.23. The molecule has 0 radical (unpaired) electrons. The smallest absolute Gasteiger partial charge is 0.322 e. The van der Waals surface area contributed by atoms with Gasteiger partial charge in [0.15, 0.2) is 0 Å². The van der Waals surface area contributed by atoms with E-state index in [2.05, 4.69) is 16.0 Å². The highest BCUT2D eigenvalue weighted by Crippen LogP contribution is 2.05. The number of hydrogen-bond acceptors (Lipinski definition) is 6. The number of primary amides is 1. The van der Waals surface area contributed by atoms with Gasteiger partial charge in [-0.25, -0.2) is 0 Å². The zero-order valence-corrected chi connectivity index (χ0v) is 15.0.